The molecular weight excluding hydrogens is 382 g/mol. The normalized spacial score (nSPS) is 17.9. The van der Waals surface area contributed by atoms with E-state index in [4.69, 9.17) is 10.2 Å². The quantitative estimate of drug-likeness (QED) is 0.674. The molecule has 6 nitrogen and oxygen atoms in total. The van der Waals surface area contributed by atoms with E-state index in [2.05, 4.69) is 41.8 Å². The third-order valence-electron chi connectivity index (χ3n) is 4.98. The van der Waals surface area contributed by atoms with Crippen LogP contribution in [0.2, 0.25) is 0 Å². The van der Waals surface area contributed by atoms with Gasteiger partial charge in [0.2, 0.25) is 5.95 Å². The molecule has 0 amide bonds. The summed E-state index contributed by atoms with van der Waals surface area (Å²) in [5.41, 5.74) is 9.69. The van der Waals surface area contributed by atoms with Crippen LogP contribution in [-0.2, 0) is 0 Å². The van der Waals surface area contributed by atoms with Crippen molar-refractivity contribution < 1.29 is 4.42 Å². The van der Waals surface area contributed by atoms with E-state index in [1.807, 2.05) is 18.2 Å². The number of halogens is 1. The molecule has 2 aromatic heterocycles. The van der Waals surface area contributed by atoms with Gasteiger partial charge in [0.05, 0.1) is 6.54 Å². The molecule has 1 aromatic carbocycles. The molecule has 0 aliphatic carbocycles. The van der Waals surface area contributed by atoms with Gasteiger partial charge in [0.25, 0.3) is 0 Å². The van der Waals surface area contributed by atoms with Crippen molar-refractivity contribution in [2.75, 3.05) is 36.8 Å². The van der Waals surface area contributed by atoms with Gasteiger partial charge in [-0.1, -0.05) is 22.0 Å². The number of aromatic nitrogens is 2. The van der Waals surface area contributed by atoms with Gasteiger partial charge in [-0.25, -0.2) is 4.98 Å². The molecule has 0 spiro atoms. The zero-order chi connectivity index (χ0) is 17.0. The first-order valence-corrected chi connectivity index (χ1v) is 9.32. The minimum atomic E-state index is 0.283. The number of hydrogen-bond acceptors (Lipinski definition) is 6. The highest BCUT2D eigenvalue weighted by atomic mass is 79.9. The first-order valence-electron chi connectivity index (χ1n) is 8.53. The summed E-state index contributed by atoms with van der Waals surface area (Å²) in [6, 6.07) is 5.93. The number of anilines is 2. The number of nitrogens with zero attached hydrogens (tertiary/aromatic N) is 4. The summed E-state index contributed by atoms with van der Waals surface area (Å²) >= 11 is 3.51. The van der Waals surface area contributed by atoms with Gasteiger partial charge in [-0.05, 0) is 31.0 Å². The maximum Gasteiger partial charge on any atom is 0.222 e. The van der Waals surface area contributed by atoms with Crippen LogP contribution in [0, 0.1) is 0 Å². The summed E-state index contributed by atoms with van der Waals surface area (Å²) in [6.45, 7) is 3.90. The number of benzene rings is 1. The molecule has 1 fully saturated rings. The summed E-state index contributed by atoms with van der Waals surface area (Å²) in [4.78, 5) is 13.7. The second kappa shape index (κ2) is 5.62. The molecule has 0 atom stereocenters. The highest BCUT2D eigenvalue weighted by Crippen LogP contribution is 2.36. The van der Waals surface area contributed by atoms with Gasteiger partial charge in [0.1, 0.15) is 11.1 Å². The van der Waals surface area contributed by atoms with Crippen LogP contribution >= 0.6 is 15.9 Å². The smallest absolute Gasteiger partial charge is 0.222 e. The average molecular weight is 400 g/mol. The molecular formula is C18H18BrN5O. The molecule has 2 N–H and O–H groups in total. The number of nitrogen functional groups attached to an aromatic ring is 1. The van der Waals surface area contributed by atoms with Crippen molar-refractivity contribution in [1.82, 2.24) is 14.9 Å². The summed E-state index contributed by atoms with van der Waals surface area (Å²) in [6.07, 6.45) is 4.74. The Balaban J connectivity index is 1.65. The number of rotatable bonds is 1. The summed E-state index contributed by atoms with van der Waals surface area (Å²) in [5, 5.41) is 0.954. The summed E-state index contributed by atoms with van der Waals surface area (Å²) in [7, 11) is 0. The van der Waals surface area contributed by atoms with Crippen molar-refractivity contribution in [3.05, 3.63) is 34.4 Å². The molecule has 7 heteroatoms. The Morgan fingerprint density at radius 2 is 2.00 bits per heavy atom. The standard InChI is InChI=1S/C18H18BrN5O/c19-11-4-5-14-13(9-11)15-16(25-14)17(22-18(20)21-15)24-8-7-23-6-2-1-3-12(23)10-24/h3-5,9H,1-2,6-8,10H2,(H2,20,21,22). The number of furan rings is 1. The van der Waals surface area contributed by atoms with Crippen molar-refractivity contribution >= 4 is 49.8 Å². The second-order valence-corrected chi connectivity index (χ2v) is 7.49. The number of hydrogen-bond donors (Lipinski definition) is 1. The van der Waals surface area contributed by atoms with Crippen LogP contribution in [0.15, 0.2) is 38.9 Å². The van der Waals surface area contributed by atoms with Gasteiger partial charge < -0.3 is 20.0 Å². The van der Waals surface area contributed by atoms with E-state index in [0.29, 0.717) is 5.58 Å². The largest absolute Gasteiger partial charge is 0.450 e. The molecule has 0 unspecified atom stereocenters. The minimum Gasteiger partial charge on any atom is -0.450 e. The number of allylic oxidation sites excluding steroid dienone is 1. The molecule has 128 valence electrons. The molecule has 25 heavy (non-hydrogen) atoms. The molecule has 2 aliphatic rings. The van der Waals surface area contributed by atoms with Gasteiger partial charge in [-0.15, -0.1) is 0 Å². The van der Waals surface area contributed by atoms with Crippen LogP contribution in [0.3, 0.4) is 0 Å². The maximum absolute atomic E-state index is 6.11. The Morgan fingerprint density at radius 1 is 1.12 bits per heavy atom. The van der Waals surface area contributed by atoms with Crippen molar-refractivity contribution in [3.8, 4) is 0 Å². The lowest BCUT2D eigenvalue weighted by Gasteiger charge is -2.40. The lowest BCUT2D eigenvalue weighted by molar-refractivity contribution is 0.299. The number of nitrogens with two attached hydrogens (primary N) is 1. The Bertz CT molecular complexity index is 1010. The topological polar surface area (TPSA) is 71.4 Å². The van der Waals surface area contributed by atoms with Gasteiger partial charge in [0.15, 0.2) is 11.4 Å². The van der Waals surface area contributed by atoms with Crippen LogP contribution in [0.5, 0.6) is 0 Å². The van der Waals surface area contributed by atoms with Crippen molar-refractivity contribution in [2.24, 2.45) is 0 Å². The Labute approximate surface area is 153 Å². The lowest BCUT2D eigenvalue weighted by atomic mass is 10.1. The fourth-order valence-corrected chi connectivity index (χ4v) is 4.13. The zero-order valence-corrected chi connectivity index (χ0v) is 15.3. The van der Waals surface area contributed by atoms with Gasteiger partial charge in [-0.2, -0.15) is 4.98 Å². The van der Waals surface area contributed by atoms with E-state index in [0.717, 1.165) is 59.4 Å². The fourth-order valence-electron chi connectivity index (χ4n) is 3.77. The van der Waals surface area contributed by atoms with Crippen LogP contribution < -0.4 is 10.6 Å². The van der Waals surface area contributed by atoms with E-state index in [-0.39, 0.29) is 5.95 Å². The van der Waals surface area contributed by atoms with Crippen LogP contribution in [0.25, 0.3) is 22.1 Å². The molecule has 2 aliphatic heterocycles. The third-order valence-corrected chi connectivity index (χ3v) is 5.48. The Kier molecular flexibility index (Phi) is 3.38. The van der Waals surface area contributed by atoms with Gasteiger partial charge in [-0.3, -0.25) is 0 Å². The van der Waals surface area contributed by atoms with E-state index in [1.165, 1.54) is 12.1 Å². The minimum absolute atomic E-state index is 0.283. The Hall–Kier alpha value is -2.28. The fraction of sp³-hybridized carbons (Fsp3) is 0.333. The van der Waals surface area contributed by atoms with Crippen molar-refractivity contribution in [2.45, 2.75) is 12.8 Å². The number of piperazine rings is 1. The van der Waals surface area contributed by atoms with E-state index in [1.54, 1.807) is 0 Å². The highest BCUT2D eigenvalue weighted by Gasteiger charge is 2.26. The molecule has 1 saturated heterocycles. The first kappa shape index (κ1) is 15.0. The number of fused-ring (bicyclic) bond motifs is 4. The molecule has 0 radical (unpaired) electrons. The maximum atomic E-state index is 6.11. The van der Waals surface area contributed by atoms with E-state index < -0.39 is 0 Å². The van der Waals surface area contributed by atoms with Gasteiger partial charge >= 0.3 is 0 Å². The predicted molar refractivity (Wildman–Crippen MR) is 103 cm³/mol. The molecule has 4 heterocycles. The molecule has 0 saturated carbocycles. The van der Waals surface area contributed by atoms with E-state index in [9.17, 15) is 0 Å². The third kappa shape index (κ3) is 2.45. The SMILES string of the molecule is Nc1nc(N2CCN3CCCC=C3C2)c2oc3ccc(Br)cc3c2n1. The first-order chi connectivity index (χ1) is 12.2. The summed E-state index contributed by atoms with van der Waals surface area (Å²) in [5.74, 6) is 1.08. The van der Waals surface area contributed by atoms with Crippen LogP contribution in [-0.4, -0.2) is 41.0 Å². The zero-order valence-electron chi connectivity index (χ0n) is 13.7. The van der Waals surface area contributed by atoms with Gasteiger partial charge in [0, 0.05) is 35.2 Å². The molecule has 0 bridgehead atoms. The van der Waals surface area contributed by atoms with Crippen LogP contribution in [0.4, 0.5) is 11.8 Å². The summed E-state index contributed by atoms with van der Waals surface area (Å²) < 4.78 is 7.10. The highest BCUT2D eigenvalue weighted by molar-refractivity contribution is 9.10. The van der Waals surface area contributed by atoms with Crippen LogP contribution in [0.1, 0.15) is 12.8 Å². The Morgan fingerprint density at radius 3 is 2.92 bits per heavy atom. The molecule has 5 rings (SSSR count). The predicted octanol–water partition coefficient (Wildman–Crippen LogP) is 3.52. The monoisotopic (exact) mass is 399 g/mol. The van der Waals surface area contributed by atoms with Crippen molar-refractivity contribution in [1.29, 1.82) is 0 Å². The lowest BCUT2D eigenvalue weighted by Crippen LogP contribution is -2.46. The molecule has 3 aromatic rings. The average Bonchev–Trinajstić information content (AvgIpc) is 2.98. The second-order valence-electron chi connectivity index (χ2n) is 6.57. The van der Waals surface area contributed by atoms with E-state index >= 15 is 0 Å². The van der Waals surface area contributed by atoms with Crippen molar-refractivity contribution in [3.63, 3.8) is 0 Å².